The molecule has 1 aliphatic rings. The van der Waals surface area contributed by atoms with Crippen LogP contribution in [0.5, 0.6) is 0 Å². The zero-order valence-corrected chi connectivity index (χ0v) is 8.31. The average Bonchev–Trinajstić information content (AvgIpc) is 2.67. The molecule has 2 rings (SSSR count). The molecule has 2 atom stereocenters. The van der Waals surface area contributed by atoms with Crippen molar-refractivity contribution in [2.24, 2.45) is 5.92 Å². The van der Waals surface area contributed by atoms with Gasteiger partial charge >= 0.3 is 0 Å². The SMILES string of the molecule is CCC1COCC1Nc1cccnn1. The summed E-state index contributed by atoms with van der Waals surface area (Å²) >= 11 is 0. The fraction of sp³-hybridized carbons (Fsp3) is 0.600. The van der Waals surface area contributed by atoms with Crippen molar-refractivity contribution in [3.05, 3.63) is 18.3 Å². The maximum absolute atomic E-state index is 5.42. The molecule has 2 unspecified atom stereocenters. The Kier molecular flexibility index (Phi) is 2.93. The van der Waals surface area contributed by atoms with E-state index >= 15 is 0 Å². The van der Waals surface area contributed by atoms with Crippen LogP contribution in [0, 0.1) is 5.92 Å². The predicted octanol–water partition coefficient (Wildman–Crippen LogP) is 1.31. The Bertz CT molecular complexity index is 278. The minimum absolute atomic E-state index is 0.386. The van der Waals surface area contributed by atoms with Crippen molar-refractivity contribution in [3.63, 3.8) is 0 Å². The lowest BCUT2D eigenvalue weighted by Crippen LogP contribution is -2.27. The molecule has 0 bridgehead atoms. The van der Waals surface area contributed by atoms with Crippen molar-refractivity contribution < 1.29 is 4.74 Å². The van der Waals surface area contributed by atoms with Gasteiger partial charge in [-0.2, -0.15) is 5.10 Å². The van der Waals surface area contributed by atoms with Gasteiger partial charge in [0.25, 0.3) is 0 Å². The van der Waals surface area contributed by atoms with E-state index in [1.165, 1.54) is 0 Å². The number of rotatable bonds is 3. The first kappa shape index (κ1) is 9.40. The Morgan fingerprint density at radius 2 is 2.50 bits per heavy atom. The van der Waals surface area contributed by atoms with Crippen LogP contribution in [-0.2, 0) is 4.74 Å². The lowest BCUT2D eigenvalue weighted by molar-refractivity contribution is 0.184. The minimum Gasteiger partial charge on any atom is -0.379 e. The third-order valence-corrected chi connectivity index (χ3v) is 2.63. The Morgan fingerprint density at radius 1 is 1.57 bits per heavy atom. The largest absolute Gasteiger partial charge is 0.379 e. The molecule has 1 saturated heterocycles. The van der Waals surface area contributed by atoms with Crippen LogP contribution < -0.4 is 5.32 Å². The number of nitrogens with one attached hydrogen (secondary N) is 1. The summed E-state index contributed by atoms with van der Waals surface area (Å²) in [5, 5.41) is 11.2. The monoisotopic (exact) mass is 193 g/mol. The van der Waals surface area contributed by atoms with Crippen LogP contribution in [0.15, 0.2) is 18.3 Å². The maximum Gasteiger partial charge on any atom is 0.148 e. The molecule has 2 heterocycles. The van der Waals surface area contributed by atoms with E-state index in [0.29, 0.717) is 12.0 Å². The summed E-state index contributed by atoms with van der Waals surface area (Å²) in [4.78, 5) is 0. The molecule has 1 aromatic heterocycles. The second-order valence-corrected chi connectivity index (χ2v) is 3.57. The van der Waals surface area contributed by atoms with Crippen molar-refractivity contribution in [3.8, 4) is 0 Å². The predicted molar refractivity (Wildman–Crippen MR) is 54.0 cm³/mol. The van der Waals surface area contributed by atoms with Gasteiger partial charge in [0, 0.05) is 12.1 Å². The summed E-state index contributed by atoms with van der Waals surface area (Å²) in [5.74, 6) is 1.43. The molecule has 76 valence electrons. The fourth-order valence-corrected chi connectivity index (χ4v) is 1.73. The molecular weight excluding hydrogens is 178 g/mol. The van der Waals surface area contributed by atoms with E-state index in [9.17, 15) is 0 Å². The standard InChI is InChI=1S/C10H15N3O/c1-2-8-6-14-7-9(8)12-10-4-3-5-11-13-10/h3-5,8-9H,2,6-7H2,1H3,(H,12,13). The zero-order chi connectivity index (χ0) is 9.80. The summed E-state index contributed by atoms with van der Waals surface area (Å²) in [7, 11) is 0. The first-order valence-electron chi connectivity index (χ1n) is 5.02. The lowest BCUT2D eigenvalue weighted by atomic mass is 10.0. The van der Waals surface area contributed by atoms with Crippen LogP contribution in [0.25, 0.3) is 0 Å². The highest BCUT2D eigenvalue weighted by Gasteiger charge is 2.26. The molecule has 0 spiro atoms. The Hall–Kier alpha value is -1.16. The molecule has 4 nitrogen and oxygen atoms in total. The van der Waals surface area contributed by atoms with Gasteiger partial charge in [0.15, 0.2) is 0 Å². The molecule has 0 aliphatic carbocycles. The highest BCUT2D eigenvalue weighted by molar-refractivity contribution is 5.33. The first-order valence-corrected chi connectivity index (χ1v) is 5.02. The Labute approximate surface area is 83.7 Å². The molecule has 1 aromatic rings. The quantitative estimate of drug-likeness (QED) is 0.786. The molecule has 0 amide bonds. The summed E-state index contributed by atoms with van der Waals surface area (Å²) < 4.78 is 5.42. The number of hydrogen-bond donors (Lipinski definition) is 1. The molecule has 14 heavy (non-hydrogen) atoms. The molecule has 0 aromatic carbocycles. The summed E-state index contributed by atoms with van der Waals surface area (Å²) in [6.07, 6.45) is 2.81. The highest BCUT2D eigenvalue weighted by Crippen LogP contribution is 2.19. The molecule has 1 fully saturated rings. The number of ether oxygens (including phenoxy) is 1. The highest BCUT2D eigenvalue weighted by atomic mass is 16.5. The number of aromatic nitrogens is 2. The van der Waals surface area contributed by atoms with E-state index in [0.717, 1.165) is 25.5 Å². The summed E-state index contributed by atoms with van der Waals surface area (Å²) in [6.45, 7) is 3.81. The van der Waals surface area contributed by atoms with Gasteiger partial charge in [0.1, 0.15) is 5.82 Å². The number of anilines is 1. The van der Waals surface area contributed by atoms with Gasteiger partial charge in [-0.05, 0) is 18.6 Å². The summed E-state index contributed by atoms with van der Waals surface area (Å²) in [5.41, 5.74) is 0. The van der Waals surface area contributed by atoms with E-state index in [2.05, 4.69) is 22.4 Å². The minimum atomic E-state index is 0.386. The van der Waals surface area contributed by atoms with Crippen molar-refractivity contribution in [2.75, 3.05) is 18.5 Å². The molecule has 4 heteroatoms. The van der Waals surface area contributed by atoms with E-state index in [1.807, 2.05) is 12.1 Å². The molecule has 1 aliphatic heterocycles. The lowest BCUT2D eigenvalue weighted by Gasteiger charge is -2.17. The van der Waals surface area contributed by atoms with Gasteiger partial charge < -0.3 is 10.1 Å². The smallest absolute Gasteiger partial charge is 0.148 e. The van der Waals surface area contributed by atoms with Gasteiger partial charge in [-0.1, -0.05) is 6.92 Å². The fourth-order valence-electron chi connectivity index (χ4n) is 1.73. The van der Waals surface area contributed by atoms with Crippen molar-refractivity contribution in [2.45, 2.75) is 19.4 Å². The van der Waals surface area contributed by atoms with Crippen LogP contribution in [0.2, 0.25) is 0 Å². The van der Waals surface area contributed by atoms with Crippen LogP contribution >= 0.6 is 0 Å². The van der Waals surface area contributed by atoms with Gasteiger partial charge in [0.05, 0.1) is 19.3 Å². The van der Waals surface area contributed by atoms with Gasteiger partial charge in [0.2, 0.25) is 0 Å². The van der Waals surface area contributed by atoms with Gasteiger partial charge in [-0.3, -0.25) is 0 Å². The second-order valence-electron chi connectivity index (χ2n) is 3.57. The van der Waals surface area contributed by atoms with E-state index in [-0.39, 0.29) is 0 Å². The van der Waals surface area contributed by atoms with Gasteiger partial charge in [-0.25, -0.2) is 0 Å². The van der Waals surface area contributed by atoms with Crippen molar-refractivity contribution in [1.82, 2.24) is 10.2 Å². The number of nitrogens with zero attached hydrogens (tertiary/aromatic N) is 2. The van der Waals surface area contributed by atoms with E-state index < -0.39 is 0 Å². The molecular formula is C10H15N3O. The van der Waals surface area contributed by atoms with Gasteiger partial charge in [-0.15, -0.1) is 5.10 Å². The third-order valence-electron chi connectivity index (χ3n) is 2.63. The normalized spacial score (nSPS) is 26.4. The van der Waals surface area contributed by atoms with E-state index in [1.54, 1.807) is 6.20 Å². The summed E-state index contributed by atoms with van der Waals surface area (Å²) in [6, 6.07) is 4.20. The second kappa shape index (κ2) is 4.37. The average molecular weight is 193 g/mol. The first-order chi connectivity index (χ1) is 6.90. The molecule has 0 radical (unpaired) electrons. The third kappa shape index (κ3) is 2.01. The van der Waals surface area contributed by atoms with Crippen LogP contribution in [-0.4, -0.2) is 29.5 Å². The van der Waals surface area contributed by atoms with Crippen molar-refractivity contribution >= 4 is 5.82 Å². The van der Waals surface area contributed by atoms with Crippen LogP contribution in [0.3, 0.4) is 0 Å². The zero-order valence-electron chi connectivity index (χ0n) is 8.31. The van der Waals surface area contributed by atoms with Crippen LogP contribution in [0.1, 0.15) is 13.3 Å². The van der Waals surface area contributed by atoms with E-state index in [4.69, 9.17) is 4.74 Å². The van der Waals surface area contributed by atoms with Crippen LogP contribution in [0.4, 0.5) is 5.82 Å². The topological polar surface area (TPSA) is 47.0 Å². The molecule has 0 saturated carbocycles. The Morgan fingerprint density at radius 3 is 3.21 bits per heavy atom. The van der Waals surface area contributed by atoms with Crippen molar-refractivity contribution in [1.29, 1.82) is 0 Å². The molecule has 1 N–H and O–H groups in total. The maximum atomic E-state index is 5.42. The Balaban J connectivity index is 1.97. The number of hydrogen-bond acceptors (Lipinski definition) is 4.